The Morgan fingerprint density at radius 1 is 1.24 bits per heavy atom. The molecule has 0 aliphatic heterocycles. The van der Waals surface area contributed by atoms with E-state index in [0.717, 1.165) is 0 Å². The minimum atomic E-state index is -1.07. The van der Waals surface area contributed by atoms with Gasteiger partial charge in [0.05, 0.1) is 30.5 Å². The lowest BCUT2D eigenvalue weighted by molar-refractivity contribution is 0.0696. The monoisotopic (exact) mass is 354 g/mol. The SMILES string of the molecule is COc1ccc(C(=O)O)cc1Oc1ncc(Br)c(OC)n1. The van der Waals surface area contributed by atoms with E-state index in [9.17, 15) is 4.79 Å². The summed E-state index contributed by atoms with van der Waals surface area (Å²) in [6, 6.07) is 4.25. The van der Waals surface area contributed by atoms with Crippen LogP contribution in [-0.2, 0) is 0 Å². The first-order chi connectivity index (χ1) is 10.0. The largest absolute Gasteiger partial charge is 0.493 e. The molecule has 0 radical (unpaired) electrons. The van der Waals surface area contributed by atoms with Gasteiger partial charge in [-0.15, -0.1) is 0 Å². The van der Waals surface area contributed by atoms with Crippen molar-refractivity contribution in [1.29, 1.82) is 0 Å². The highest BCUT2D eigenvalue weighted by Crippen LogP contribution is 2.32. The Bertz CT molecular complexity index is 678. The van der Waals surface area contributed by atoms with Crippen molar-refractivity contribution in [1.82, 2.24) is 9.97 Å². The lowest BCUT2D eigenvalue weighted by Crippen LogP contribution is -2.00. The molecule has 0 spiro atoms. The van der Waals surface area contributed by atoms with Crippen LogP contribution in [0.5, 0.6) is 23.4 Å². The number of hydrogen-bond donors (Lipinski definition) is 1. The Morgan fingerprint density at radius 2 is 2.00 bits per heavy atom. The van der Waals surface area contributed by atoms with E-state index in [1.165, 1.54) is 38.6 Å². The molecule has 0 amide bonds. The van der Waals surface area contributed by atoms with Gasteiger partial charge in [0.25, 0.3) is 0 Å². The summed E-state index contributed by atoms with van der Waals surface area (Å²) < 4.78 is 16.2. The van der Waals surface area contributed by atoms with Crippen molar-refractivity contribution in [2.24, 2.45) is 0 Å². The van der Waals surface area contributed by atoms with Crippen LogP contribution < -0.4 is 14.2 Å². The van der Waals surface area contributed by atoms with Gasteiger partial charge in [-0.25, -0.2) is 9.78 Å². The minimum absolute atomic E-state index is 0.0101. The number of ether oxygens (including phenoxy) is 3. The molecule has 1 aromatic carbocycles. The summed E-state index contributed by atoms with van der Waals surface area (Å²) in [5.41, 5.74) is 0.0647. The Kier molecular flexibility index (Phi) is 4.59. The quantitative estimate of drug-likeness (QED) is 0.882. The summed E-state index contributed by atoms with van der Waals surface area (Å²) in [6.45, 7) is 0. The Hall–Kier alpha value is -2.35. The summed E-state index contributed by atoms with van der Waals surface area (Å²) >= 11 is 3.23. The normalized spacial score (nSPS) is 10.0. The lowest BCUT2D eigenvalue weighted by atomic mass is 10.2. The van der Waals surface area contributed by atoms with Crippen LogP contribution in [0.3, 0.4) is 0 Å². The van der Waals surface area contributed by atoms with Gasteiger partial charge in [-0.2, -0.15) is 4.98 Å². The average Bonchev–Trinajstić information content (AvgIpc) is 2.49. The van der Waals surface area contributed by atoms with Crippen molar-refractivity contribution < 1.29 is 24.1 Å². The van der Waals surface area contributed by atoms with Crippen molar-refractivity contribution >= 4 is 21.9 Å². The molecule has 1 N–H and O–H groups in total. The van der Waals surface area contributed by atoms with E-state index in [1.807, 2.05) is 0 Å². The number of carboxylic acid groups (broad SMARTS) is 1. The van der Waals surface area contributed by atoms with Gasteiger partial charge in [-0.1, -0.05) is 0 Å². The molecule has 7 nitrogen and oxygen atoms in total. The molecule has 110 valence electrons. The van der Waals surface area contributed by atoms with Crippen molar-refractivity contribution in [3.63, 3.8) is 0 Å². The highest BCUT2D eigenvalue weighted by Gasteiger charge is 2.13. The molecule has 2 aromatic rings. The third kappa shape index (κ3) is 3.40. The number of carboxylic acids is 1. The van der Waals surface area contributed by atoms with E-state index < -0.39 is 5.97 Å². The number of methoxy groups -OCH3 is 2. The summed E-state index contributed by atoms with van der Waals surface area (Å²) in [5.74, 6) is -0.211. The van der Waals surface area contributed by atoms with Gasteiger partial charge in [0.1, 0.15) is 0 Å². The fourth-order valence-corrected chi connectivity index (χ4v) is 1.87. The van der Waals surface area contributed by atoms with Crippen LogP contribution in [-0.4, -0.2) is 35.3 Å². The van der Waals surface area contributed by atoms with Crippen LogP contribution in [0.25, 0.3) is 0 Å². The second kappa shape index (κ2) is 6.40. The molecule has 21 heavy (non-hydrogen) atoms. The average molecular weight is 355 g/mol. The first kappa shape index (κ1) is 15.0. The fourth-order valence-electron chi connectivity index (χ4n) is 1.52. The second-order valence-corrected chi connectivity index (χ2v) is 4.64. The third-order valence-electron chi connectivity index (χ3n) is 2.50. The minimum Gasteiger partial charge on any atom is -0.493 e. The molecule has 0 fully saturated rings. The molecule has 0 atom stereocenters. The Morgan fingerprint density at radius 3 is 2.62 bits per heavy atom. The Balaban J connectivity index is 2.37. The second-order valence-electron chi connectivity index (χ2n) is 3.78. The van der Waals surface area contributed by atoms with Gasteiger partial charge in [0, 0.05) is 0 Å². The van der Waals surface area contributed by atoms with Crippen LogP contribution in [0.1, 0.15) is 10.4 Å². The maximum absolute atomic E-state index is 11.0. The molecule has 0 saturated heterocycles. The van der Waals surface area contributed by atoms with Crippen molar-refractivity contribution in [3.05, 3.63) is 34.4 Å². The first-order valence-electron chi connectivity index (χ1n) is 5.71. The molecule has 1 heterocycles. The predicted octanol–water partition coefficient (Wildman–Crippen LogP) is 2.75. The zero-order valence-corrected chi connectivity index (χ0v) is 12.7. The van der Waals surface area contributed by atoms with Gasteiger partial charge in [-0.3, -0.25) is 0 Å². The number of carbonyl (C=O) groups is 1. The summed E-state index contributed by atoms with van der Waals surface area (Å²) in [7, 11) is 2.91. The van der Waals surface area contributed by atoms with E-state index in [0.29, 0.717) is 16.1 Å². The van der Waals surface area contributed by atoms with Crippen molar-refractivity contribution in [2.75, 3.05) is 14.2 Å². The molecule has 0 unspecified atom stereocenters. The summed E-state index contributed by atoms with van der Waals surface area (Å²) in [4.78, 5) is 19.0. The lowest BCUT2D eigenvalue weighted by Gasteiger charge is -2.10. The van der Waals surface area contributed by atoms with Crippen LogP contribution in [0.4, 0.5) is 0 Å². The fraction of sp³-hybridized carbons (Fsp3) is 0.154. The van der Waals surface area contributed by atoms with Gasteiger partial charge in [-0.05, 0) is 34.1 Å². The molecule has 0 saturated carbocycles. The summed E-state index contributed by atoms with van der Waals surface area (Å²) in [5, 5.41) is 9.00. The molecule has 1 aromatic heterocycles. The molecule has 0 aliphatic carbocycles. The Labute approximate surface area is 128 Å². The van der Waals surface area contributed by atoms with Crippen molar-refractivity contribution in [3.8, 4) is 23.4 Å². The molecular formula is C13H11BrN2O5. The number of rotatable bonds is 5. The molecule has 2 rings (SSSR count). The molecule has 8 heteroatoms. The number of benzene rings is 1. The van der Waals surface area contributed by atoms with E-state index in [-0.39, 0.29) is 17.3 Å². The van der Waals surface area contributed by atoms with E-state index >= 15 is 0 Å². The number of halogens is 1. The van der Waals surface area contributed by atoms with E-state index in [2.05, 4.69) is 25.9 Å². The highest BCUT2D eigenvalue weighted by molar-refractivity contribution is 9.10. The van der Waals surface area contributed by atoms with Crippen molar-refractivity contribution in [2.45, 2.75) is 0 Å². The van der Waals surface area contributed by atoms with E-state index in [4.69, 9.17) is 19.3 Å². The van der Waals surface area contributed by atoms with Crippen LogP contribution in [0.2, 0.25) is 0 Å². The maximum atomic E-state index is 11.0. The zero-order chi connectivity index (χ0) is 15.4. The highest BCUT2D eigenvalue weighted by atomic mass is 79.9. The van der Waals surface area contributed by atoms with Gasteiger partial charge >= 0.3 is 12.0 Å². The number of aromatic carboxylic acids is 1. The molecule has 0 aliphatic rings. The van der Waals surface area contributed by atoms with Gasteiger partial charge in [0.15, 0.2) is 11.5 Å². The molecular weight excluding hydrogens is 344 g/mol. The van der Waals surface area contributed by atoms with Crippen LogP contribution in [0, 0.1) is 0 Å². The first-order valence-corrected chi connectivity index (χ1v) is 6.50. The number of hydrogen-bond acceptors (Lipinski definition) is 6. The van der Waals surface area contributed by atoms with Crippen LogP contribution in [0.15, 0.2) is 28.9 Å². The maximum Gasteiger partial charge on any atom is 0.335 e. The standard InChI is InChI=1S/C13H11BrN2O5/c1-19-9-4-3-7(12(17)18)5-10(9)21-13-15-6-8(14)11(16-13)20-2/h3-6H,1-2H3,(H,17,18). The number of aromatic nitrogens is 2. The van der Waals surface area contributed by atoms with Gasteiger partial charge < -0.3 is 19.3 Å². The number of nitrogens with zero attached hydrogens (tertiary/aromatic N) is 2. The smallest absolute Gasteiger partial charge is 0.335 e. The zero-order valence-electron chi connectivity index (χ0n) is 11.2. The topological polar surface area (TPSA) is 90.8 Å². The summed E-state index contributed by atoms with van der Waals surface area (Å²) in [6.07, 6.45) is 1.47. The van der Waals surface area contributed by atoms with Crippen LogP contribution >= 0.6 is 15.9 Å². The van der Waals surface area contributed by atoms with E-state index in [1.54, 1.807) is 0 Å². The van der Waals surface area contributed by atoms with Gasteiger partial charge in [0.2, 0.25) is 5.88 Å². The molecule has 0 bridgehead atoms. The predicted molar refractivity (Wildman–Crippen MR) is 76.3 cm³/mol. The third-order valence-corrected chi connectivity index (χ3v) is 3.04.